The van der Waals surface area contributed by atoms with Crippen LogP contribution in [0, 0.1) is 11.6 Å². The number of nitrogens with zero attached hydrogens (tertiary/aromatic N) is 2. The largest absolute Gasteiger partial charge is 0.368 e. The third-order valence-corrected chi connectivity index (χ3v) is 5.64. The van der Waals surface area contributed by atoms with E-state index >= 15 is 0 Å². The Morgan fingerprint density at radius 1 is 1.09 bits per heavy atom. The highest BCUT2D eigenvalue weighted by Crippen LogP contribution is 2.28. The maximum absolute atomic E-state index is 14.0. The lowest BCUT2D eigenvalue weighted by molar-refractivity contribution is -0.120. The van der Waals surface area contributed by atoms with E-state index in [9.17, 15) is 18.4 Å². The van der Waals surface area contributed by atoms with Gasteiger partial charge < -0.3 is 16.4 Å². The number of hydrogen-bond acceptors (Lipinski definition) is 4. The van der Waals surface area contributed by atoms with Crippen molar-refractivity contribution < 1.29 is 18.4 Å². The van der Waals surface area contributed by atoms with Crippen LogP contribution in [0.25, 0.3) is 5.69 Å². The number of carbonyl (C=O) groups excluding carboxylic acids is 2. The molecule has 0 saturated heterocycles. The number of benzene rings is 2. The Hall–Kier alpha value is -3.79. The maximum Gasteiger partial charge on any atom is 0.324 e. The van der Waals surface area contributed by atoms with Gasteiger partial charge in [-0.3, -0.25) is 10.1 Å². The molecule has 3 amide bonds. The summed E-state index contributed by atoms with van der Waals surface area (Å²) in [6.07, 6.45) is 0.494. The molecule has 8 nitrogen and oxygen atoms in total. The molecule has 4 rings (SSSR count). The van der Waals surface area contributed by atoms with E-state index < -0.39 is 29.6 Å². The molecule has 5 N–H and O–H groups in total. The molecular formula is C24H26F2N6O2. The minimum absolute atomic E-state index is 0.148. The van der Waals surface area contributed by atoms with Crippen molar-refractivity contribution in [3.05, 3.63) is 70.9 Å². The van der Waals surface area contributed by atoms with Gasteiger partial charge in [0, 0.05) is 24.1 Å². The number of anilines is 2. The number of hydrogen-bond donors (Lipinski definition) is 4. The van der Waals surface area contributed by atoms with Crippen molar-refractivity contribution in [3.8, 4) is 5.69 Å². The summed E-state index contributed by atoms with van der Waals surface area (Å²) in [5.41, 5.74) is 8.42. The first-order valence-corrected chi connectivity index (χ1v) is 10.8. The van der Waals surface area contributed by atoms with Crippen LogP contribution in [0.15, 0.2) is 42.5 Å². The third kappa shape index (κ3) is 4.91. The Morgan fingerprint density at radius 3 is 2.53 bits per heavy atom. The van der Waals surface area contributed by atoms with Crippen molar-refractivity contribution in [1.29, 1.82) is 0 Å². The van der Waals surface area contributed by atoms with Gasteiger partial charge in [-0.2, -0.15) is 5.10 Å². The number of aromatic nitrogens is 2. The average Bonchev–Trinajstić information content (AvgIpc) is 3.19. The summed E-state index contributed by atoms with van der Waals surface area (Å²) >= 11 is 0. The zero-order valence-electron chi connectivity index (χ0n) is 19.1. The smallest absolute Gasteiger partial charge is 0.324 e. The normalized spacial score (nSPS) is 15.5. The van der Waals surface area contributed by atoms with Crippen LogP contribution in [0.1, 0.15) is 37.6 Å². The van der Waals surface area contributed by atoms with Crippen molar-refractivity contribution in [3.63, 3.8) is 0 Å². The van der Waals surface area contributed by atoms with E-state index in [-0.39, 0.29) is 11.1 Å². The monoisotopic (exact) mass is 468 g/mol. The fourth-order valence-corrected chi connectivity index (χ4v) is 3.73. The van der Waals surface area contributed by atoms with Gasteiger partial charge in [0.2, 0.25) is 5.91 Å². The second-order valence-corrected chi connectivity index (χ2v) is 9.27. The molecule has 0 spiro atoms. The van der Waals surface area contributed by atoms with Crippen LogP contribution < -0.4 is 21.7 Å². The summed E-state index contributed by atoms with van der Waals surface area (Å²) in [7, 11) is 0. The number of urea groups is 1. The van der Waals surface area contributed by atoms with E-state index in [1.54, 1.807) is 10.7 Å². The predicted octanol–water partition coefficient (Wildman–Crippen LogP) is 3.59. The van der Waals surface area contributed by atoms with E-state index in [4.69, 9.17) is 5.73 Å². The van der Waals surface area contributed by atoms with E-state index in [1.165, 1.54) is 0 Å². The molecule has 1 atom stereocenters. The van der Waals surface area contributed by atoms with Gasteiger partial charge in [0.25, 0.3) is 0 Å². The lowest BCUT2D eigenvalue weighted by atomic mass is 9.92. The fourth-order valence-electron chi connectivity index (χ4n) is 3.73. The van der Waals surface area contributed by atoms with Gasteiger partial charge in [-0.1, -0.05) is 26.8 Å². The van der Waals surface area contributed by atoms with Crippen LogP contribution in [0.4, 0.5) is 25.1 Å². The van der Waals surface area contributed by atoms with Gasteiger partial charge in [-0.05, 0) is 41.8 Å². The second-order valence-electron chi connectivity index (χ2n) is 9.27. The quantitative estimate of drug-likeness (QED) is 0.469. The first-order chi connectivity index (χ1) is 16.0. The van der Waals surface area contributed by atoms with Crippen molar-refractivity contribution >= 4 is 23.4 Å². The molecule has 0 bridgehead atoms. The van der Waals surface area contributed by atoms with Gasteiger partial charge in [-0.25, -0.2) is 18.3 Å². The number of rotatable bonds is 4. The highest BCUT2D eigenvalue weighted by Gasteiger charge is 2.25. The van der Waals surface area contributed by atoms with E-state index in [0.717, 1.165) is 29.0 Å². The summed E-state index contributed by atoms with van der Waals surface area (Å²) in [6.45, 7) is 6.46. The number of amides is 3. The average molecular weight is 469 g/mol. The van der Waals surface area contributed by atoms with Crippen molar-refractivity contribution in [2.45, 2.75) is 45.2 Å². The Bertz CT molecular complexity index is 1260. The molecule has 0 radical (unpaired) electrons. The number of nitrogens with two attached hydrogens (primary N) is 1. The molecule has 1 aliphatic rings. The van der Waals surface area contributed by atoms with Gasteiger partial charge in [-0.15, -0.1) is 0 Å². The topological polar surface area (TPSA) is 114 Å². The summed E-state index contributed by atoms with van der Waals surface area (Å²) in [5.74, 6) is -1.63. The summed E-state index contributed by atoms with van der Waals surface area (Å²) in [4.78, 5) is 24.1. The number of fused-ring (bicyclic) bond motifs is 1. The maximum atomic E-state index is 14.0. The highest BCUT2D eigenvalue weighted by molar-refractivity contribution is 5.99. The molecule has 0 unspecified atom stereocenters. The molecule has 2 heterocycles. The lowest BCUT2D eigenvalue weighted by Gasteiger charge is -2.24. The second kappa shape index (κ2) is 8.86. The molecule has 0 fully saturated rings. The van der Waals surface area contributed by atoms with Gasteiger partial charge in [0.05, 0.1) is 23.1 Å². The molecule has 1 aliphatic heterocycles. The molecular weight excluding hydrogens is 442 g/mol. The molecule has 1 aromatic heterocycles. The van der Waals surface area contributed by atoms with Crippen LogP contribution >= 0.6 is 0 Å². The van der Waals surface area contributed by atoms with Crippen LogP contribution in [-0.4, -0.2) is 27.8 Å². The fraction of sp³-hybridized carbons (Fsp3) is 0.292. The number of primary amides is 1. The number of nitrogens with one attached hydrogen (secondary N) is 3. The third-order valence-electron chi connectivity index (χ3n) is 5.64. The Labute approximate surface area is 195 Å². The lowest BCUT2D eigenvalue weighted by Crippen LogP contribution is -2.45. The SMILES string of the molecule is CC(C)(C)c1cc(NC(=O)Nc2ccc(F)cc2F)n(-c2ccc3c(c2)CN[C@H](C(N)=O)C3)n1. The van der Waals surface area contributed by atoms with Crippen molar-refractivity contribution in [2.24, 2.45) is 5.73 Å². The van der Waals surface area contributed by atoms with Crippen LogP contribution in [-0.2, 0) is 23.2 Å². The molecule has 34 heavy (non-hydrogen) atoms. The van der Waals surface area contributed by atoms with Crippen molar-refractivity contribution in [1.82, 2.24) is 15.1 Å². The van der Waals surface area contributed by atoms with Crippen LogP contribution in [0.2, 0.25) is 0 Å². The Morgan fingerprint density at radius 2 is 1.85 bits per heavy atom. The molecule has 0 aliphatic carbocycles. The standard InChI is InChI=1S/C24H26F2N6O2/c1-24(2,3)20-11-21(30-23(34)29-18-7-5-15(25)10-17(18)26)32(31-20)16-6-4-13-9-19(22(27)33)28-12-14(13)8-16/h4-8,10-11,19,28H,9,12H2,1-3H3,(H2,27,33)(H2,29,30,34)/t19-/m0/s1. The zero-order valence-corrected chi connectivity index (χ0v) is 19.1. The molecule has 2 aromatic carbocycles. The van der Waals surface area contributed by atoms with Gasteiger partial charge in [0.15, 0.2) is 0 Å². The molecule has 3 aromatic rings. The summed E-state index contributed by atoms with van der Waals surface area (Å²) < 4.78 is 28.7. The molecule has 178 valence electrons. The van der Waals surface area contributed by atoms with Crippen LogP contribution in [0.5, 0.6) is 0 Å². The first kappa shape index (κ1) is 23.4. The van der Waals surface area contributed by atoms with E-state index in [0.29, 0.717) is 30.5 Å². The van der Waals surface area contributed by atoms with Gasteiger partial charge >= 0.3 is 6.03 Å². The molecule has 0 saturated carbocycles. The molecule has 10 heteroatoms. The minimum Gasteiger partial charge on any atom is -0.368 e. The zero-order chi connectivity index (χ0) is 24.6. The van der Waals surface area contributed by atoms with E-state index in [1.807, 2.05) is 39.0 Å². The highest BCUT2D eigenvalue weighted by atomic mass is 19.1. The van der Waals surface area contributed by atoms with E-state index in [2.05, 4.69) is 21.0 Å². The minimum atomic E-state index is -0.879. The summed E-state index contributed by atoms with van der Waals surface area (Å²) in [5, 5.41) is 12.9. The number of carbonyl (C=O) groups is 2. The van der Waals surface area contributed by atoms with Gasteiger partial charge in [0.1, 0.15) is 17.5 Å². The van der Waals surface area contributed by atoms with Crippen molar-refractivity contribution in [2.75, 3.05) is 10.6 Å². The predicted molar refractivity (Wildman–Crippen MR) is 125 cm³/mol. The Kier molecular flexibility index (Phi) is 6.09. The number of halogens is 2. The first-order valence-electron chi connectivity index (χ1n) is 10.8. The summed E-state index contributed by atoms with van der Waals surface area (Å²) in [6, 6.07) is 9.24. The Balaban J connectivity index is 1.63. The van der Waals surface area contributed by atoms with Crippen LogP contribution in [0.3, 0.4) is 0 Å².